The molecule has 7 heteroatoms. The van der Waals surface area contributed by atoms with E-state index in [-0.39, 0.29) is 35.7 Å². The Kier molecular flexibility index (Phi) is 4.33. The highest BCUT2D eigenvalue weighted by Crippen LogP contribution is 2.55. The van der Waals surface area contributed by atoms with Gasteiger partial charge in [0.2, 0.25) is 5.91 Å². The molecule has 25 heavy (non-hydrogen) atoms. The van der Waals surface area contributed by atoms with E-state index in [1.54, 1.807) is 0 Å². The maximum Gasteiger partial charge on any atom is 0.320 e. The minimum atomic E-state index is -0.732. The van der Waals surface area contributed by atoms with Crippen molar-refractivity contribution >= 4 is 17.9 Å². The van der Waals surface area contributed by atoms with Crippen molar-refractivity contribution in [1.29, 1.82) is 0 Å². The van der Waals surface area contributed by atoms with Crippen LogP contribution in [0.4, 0.5) is 4.79 Å². The summed E-state index contributed by atoms with van der Waals surface area (Å²) in [6.45, 7) is 2.88. The SMILES string of the molecule is O=C(N[C@H]1C[C@@H](C(=O)O)[C@@H]2C[C@@H]21)C1CCCN(C(=O)N2CCCC2)C1. The Balaban J connectivity index is 1.31. The zero-order valence-electron chi connectivity index (χ0n) is 14.5. The average Bonchev–Trinajstić information content (AvgIpc) is 3.05. The lowest BCUT2D eigenvalue weighted by Gasteiger charge is -2.35. The summed E-state index contributed by atoms with van der Waals surface area (Å²) in [7, 11) is 0. The lowest BCUT2D eigenvalue weighted by atomic mass is 9.96. The number of hydrogen-bond donors (Lipinski definition) is 2. The van der Waals surface area contributed by atoms with Gasteiger partial charge in [-0.25, -0.2) is 4.79 Å². The monoisotopic (exact) mass is 349 g/mol. The number of rotatable bonds is 3. The van der Waals surface area contributed by atoms with Gasteiger partial charge in [-0.05, 0) is 50.4 Å². The Morgan fingerprint density at radius 1 is 0.920 bits per heavy atom. The molecule has 0 aromatic carbocycles. The summed E-state index contributed by atoms with van der Waals surface area (Å²) < 4.78 is 0. The van der Waals surface area contributed by atoms with Gasteiger partial charge in [-0.15, -0.1) is 0 Å². The third-order valence-electron chi connectivity index (χ3n) is 6.52. The molecule has 0 radical (unpaired) electrons. The standard InChI is InChI=1S/C18H27N3O4/c22-16(19-15-9-14(17(23)24)12-8-13(12)15)11-4-3-7-21(10-11)18(25)20-5-1-2-6-20/h11-15H,1-10H2,(H,19,22)(H,23,24)/t11?,12-,13+,14-,15+/m1/s1. The first kappa shape index (κ1) is 16.7. The topological polar surface area (TPSA) is 90.0 Å². The maximum absolute atomic E-state index is 12.7. The fraction of sp³-hybridized carbons (Fsp3) is 0.833. The number of piperidine rings is 1. The van der Waals surface area contributed by atoms with Crippen LogP contribution in [0, 0.1) is 23.7 Å². The van der Waals surface area contributed by atoms with Gasteiger partial charge in [0.25, 0.3) is 0 Å². The molecule has 4 fully saturated rings. The van der Waals surface area contributed by atoms with E-state index in [2.05, 4.69) is 5.32 Å². The molecule has 138 valence electrons. The lowest BCUT2D eigenvalue weighted by Crippen LogP contribution is -2.50. The van der Waals surface area contributed by atoms with Gasteiger partial charge in [-0.1, -0.05) is 0 Å². The number of amides is 3. The second-order valence-electron chi connectivity index (χ2n) is 8.12. The second-order valence-corrected chi connectivity index (χ2v) is 8.12. The normalized spacial score (nSPS) is 36.9. The van der Waals surface area contributed by atoms with Crippen LogP contribution >= 0.6 is 0 Å². The number of carbonyl (C=O) groups is 3. The van der Waals surface area contributed by atoms with Crippen molar-refractivity contribution in [3.8, 4) is 0 Å². The van der Waals surface area contributed by atoms with E-state index in [1.165, 1.54) is 0 Å². The molecule has 4 rings (SSSR count). The quantitative estimate of drug-likeness (QED) is 0.799. The molecule has 2 heterocycles. The van der Waals surface area contributed by atoms with Crippen LogP contribution in [0.1, 0.15) is 38.5 Å². The summed E-state index contributed by atoms with van der Waals surface area (Å²) >= 11 is 0. The highest BCUT2D eigenvalue weighted by Gasteiger charge is 2.57. The van der Waals surface area contributed by atoms with Crippen molar-refractivity contribution in [2.24, 2.45) is 23.7 Å². The van der Waals surface area contributed by atoms with E-state index >= 15 is 0 Å². The zero-order valence-corrected chi connectivity index (χ0v) is 14.5. The molecule has 4 aliphatic rings. The van der Waals surface area contributed by atoms with E-state index in [9.17, 15) is 19.5 Å². The Hall–Kier alpha value is -1.79. The fourth-order valence-corrected chi connectivity index (χ4v) is 5.01. The number of likely N-dealkylation sites (tertiary alicyclic amines) is 2. The molecule has 1 unspecified atom stereocenters. The highest BCUT2D eigenvalue weighted by atomic mass is 16.4. The number of nitrogens with one attached hydrogen (secondary N) is 1. The van der Waals surface area contributed by atoms with Crippen molar-refractivity contribution < 1.29 is 19.5 Å². The minimum absolute atomic E-state index is 0.000565. The van der Waals surface area contributed by atoms with Crippen LogP contribution in [0.15, 0.2) is 0 Å². The Bertz CT molecular complexity index is 575. The van der Waals surface area contributed by atoms with Crippen LogP contribution in [0.5, 0.6) is 0 Å². The maximum atomic E-state index is 12.7. The number of urea groups is 1. The van der Waals surface area contributed by atoms with Gasteiger partial charge in [0.05, 0.1) is 11.8 Å². The van der Waals surface area contributed by atoms with E-state index in [4.69, 9.17) is 0 Å². The van der Waals surface area contributed by atoms with E-state index in [0.29, 0.717) is 18.9 Å². The second kappa shape index (κ2) is 6.50. The van der Waals surface area contributed by atoms with Gasteiger partial charge in [0, 0.05) is 32.2 Å². The first-order chi connectivity index (χ1) is 12.0. The van der Waals surface area contributed by atoms with E-state index in [0.717, 1.165) is 51.7 Å². The van der Waals surface area contributed by atoms with E-state index in [1.807, 2.05) is 9.80 Å². The number of hydrogen-bond acceptors (Lipinski definition) is 3. The molecule has 2 saturated carbocycles. The largest absolute Gasteiger partial charge is 0.481 e. The van der Waals surface area contributed by atoms with Crippen molar-refractivity contribution in [1.82, 2.24) is 15.1 Å². The van der Waals surface area contributed by atoms with Gasteiger partial charge in [-0.3, -0.25) is 9.59 Å². The number of carbonyl (C=O) groups excluding carboxylic acids is 2. The molecule has 5 atom stereocenters. The van der Waals surface area contributed by atoms with Gasteiger partial charge in [0.15, 0.2) is 0 Å². The molecule has 0 aromatic rings. The predicted molar refractivity (Wildman–Crippen MR) is 89.8 cm³/mol. The molecule has 0 aromatic heterocycles. The van der Waals surface area contributed by atoms with Crippen LogP contribution < -0.4 is 5.32 Å². The zero-order chi connectivity index (χ0) is 17.6. The first-order valence-corrected chi connectivity index (χ1v) is 9.61. The van der Waals surface area contributed by atoms with Crippen molar-refractivity contribution in [3.05, 3.63) is 0 Å². The van der Waals surface area contributed by atoms with Crippen LogP contribution in [0.3, 0.4) is 0 Å². The fourth-order valence-electron chi connectivity index (χ4n) is 5.01. The summed E-state index contributed by atoms with van der Waals surface area (Å²) in [4.78, 5) is 40.2. The summed E-state index contributed by atoms with van der Waals surface area (Å²) in [5.74, 6) is -0.598. The van der Waals surface area contributed by atoms with Crippen LogP contribution in [0.25, 0.3) is 0 Å². The van der Waals surface area contributed by atoms with Gasteiger partial charge in [-0.2, -0.15) is 0 Å². The van der Waals surface area contributed by atoms with Crippen molar-refractivity contribution in [2.45, 2.75) is 44.6 Å². The molecular formula is C18H27N3O4. The average molecular weight is 349 g/mol. The molecule has 2 saturated heterocycles. The van der Waals surface area contributed by atoms with Gasteiger partial charge < -0.3 is 20.2 Å². The lowest BCUT2D eigenvalue weighted by molar-refractivity contribution is -0.142. The molecule has 3 amide bonds. The van der Waals surface area contributed by atoms with E-state index < -0.39 is 5.97 Å². The number of carboxylic acid groups (broad SMARTS) is 1. The first-order valence-electron chi connectivity index (χ1n) is 9.61. The highest BCUT2D eigenvalue weighted by molar-refractivity contribution is 5.81. The van der Waals surface area contributed by atoms with Crippen molar-refractivity contribution in [3.63, 3.8) is 0 Å². The third-order valence-corrected chi connectivity index (χ3v) is 6.52. The number of nitrogens with zero attached hydrogens (tertiary/aromatic N) is 2. The van der Waals surface area contributed by atoms with Crippen molar-refractivity contribution in [2.75, 3.05) is 26.2 Å². The molecule has 0 bridgehead atoms. The summed E-state index contributed by atoms with van der Waals surface area (Å²) in [5, 5.41) is 12.3. The molecule has 7 nitrogen and oxygen atoms in total. The Labute approximate surface area is 147 Å². The summed E-state index contributed by atoms with van der Waals surface area (Å²) in [6.07, 6.45) is 5.27. The molecule has 0 spiro atoms. The number of carboxylic acids is 1. The van der Waals surface area contributed by atoms with Crippen LogP contribution in [-0.2, 0) is 9.59 Å². The van der Waals surface area contributed by atoms with Gasteiger partial charge >= 0.3 is 12.0 Å². The smallest absolute Gasteiger partial charge is 0.320 e. The molecule has 2 aliphatic carbocycles. The summed E-state index contributed by atoms with van der Waals surface area (Å²) in [6, 6.07) is 0.0762. The number of aliphatic carboxylic acids is 1. The summed E-state index contributed by atoms with van der Waals surface area (Å²) in [5.41, 5.74) is 0. The van der Waals surface area contributed by atoms with Crippen LogP contribution in [0.2, 0.25) is 0 Å². The van der Waals surface area contributed by atoms with Gasteiger partial charge in [0.1, 0.15) is 0 Å². The predicted octanol–water partition coefficient (Wildman–Crippen LogP) is 1.14. The Morgan fingerprint density at radius 3 is 2.32 bits per heavy atom. The molecular weight excluding hydrogens is 322 g/mol. The minimum Gasteiger partial charge on any atom is -0.481 e. The number of fused-ring (bicyclic) bond motifs is 1. The Morgan fingerprint density at radius 2 is 1.64 bits per heavy atom. The van der Waals surface area contributed by atoms with Crippen LogP contribution in [-0.4, -0.2) is 65.0 Å². The third kappa shape index (κ3) is 3.20. The molecule has 2 N–H and O–H groups in total. The molecule has 2 aliphatic heterocycles.